The first-order valence-corrected chi connectivity index (χ1v) is 8.24. The topological polar surface area (TPSA) is 75.4 Å². The SMILES string of the molecule is CN(Cc1ccccc1)C(=O)CNC(=O)C1CCCCC1(C)N.Cl. The molecule has 0 heterocycles. The van der Waals surface area contributed by atoms with E-state index in [1.165, 1.54) is 0 Å². The summed E-state index contributed by atoms with van der Waals surface area (Å²) in [6.45, 7) is 2.49. The third kappa shape index (κ3) is 5.49. The molecule has 134 valence electrons. The van der Waals surface area contributed by atoms with Gasteiger partial charge in [-0.05, 0) is 25.3 Å². The lowest BCUT2D eigenvalue weighted by Gasteiger charge is -2.37. The second kappa shape index (κ2) is 9.04. The van der Waals surface area contributed by atoms with Crippen LogP contribution in [-0.2, 0) is 16.1 Å². The minimum absolute atomic E-state index is 0. The summed E-state index contributed by atoms with van der Waals surface area (Å²) in [7, 11) is 1.75. The van der Waals surface area contributed by atoms with Gasteiger partial charge < -0.3 is 16.0 Å². The number of amides is 2. The fourth-order valence-corrected chi connectivity index (χ4v) is 3.16. The van der Waals surface area contributed by atoms with Crippen molar-refractivity contribution in [2.45, 2.75) is 44.7 Å². The lowest BCUT2D eigenvalue weighted by molar-refractivity contribution is -0.134. The van der Waals surface area contributed by atoms with E-state index in [0.717, 1.165) is 31.2 Å². The van der Waals surface area contributed by atoms with Gasteiger partial charge in [0.05, 0.1) is 12.5 Å². The summed E-state index contributed by atoms with van der Waals surface area (Å²) in [5.74, 6) is -0.406. The zero-order valence-electron chi connectivity index (χ0n) is 14.5. The standard InChI is InChI=1S/C18H27N3O2.ClH/c1-18(19)11-7-6-10-15(18)17(23)20-12-16(22)21(2)13-14-8-4-3-5-9-14;/h3-5,8-9,15H,6-7,10-13,19H2,1-2H3,(H,20,23);1H. The molecule has 3 N–H and O–H groups in total. The van der Waals surface area contributed by atoms with E-state index >= 15 is 0 Å². The molecule has 1 aromatic rings. The summed E-state index contributed by atoms with van der Waals surface area (Å²) in [5, 5.41) is 2.76. The van der Waals surface area contributed by atoms with Gasteiger partial charge in [-0.2, -0.15) is 0 Å². The van der Waals surface area contributed by atoms with Crippen molar-refractivity contribution in [3.63, 3.8) is 0 Å². The minimum atomic E-state index is -0.471. The Hall–Kier alpha value is -1.59. The molecule has 2 amide bonds. The predicted octanol–water partition coefficient (Wildman–Crippen LogP) is 2.09. The van der Waals surface area contributed by atoms with E-state index < -0.39 is 5.54 Å². The highest BCUT2D eigenvalue weighted by atomic mass is 35.5. The smallest absolute Gasteiger partial charge is 0.242 e. The quantitative estimate of drug-likeness (QED) is 0.851. The molecule has 0 bridgehead atoms. The largest absolute Gasteiger partial charge is 0.347 e. The van der Waals surface area contributed by atoms with Crippen molar-refractivity contribution in [2.24, 2.45) is 11.7 Å². The third-order valence-electron chi connectivity index (χ3n) is 4.67. The summed E-state index contributed by atoms with van der Waals surface area (Å²) in [6, 6.07) is 9.79. The van der Waals surface area contributed by atoms with Crippen LogP contribution in [0.1, 0.15) is 38.2 Å². The summed E-state index contributed by atoms with van der Waals surface area (Å²) < 4.78 is 0. The Bertz CT molecular complexity index is 548. The number of nitrogens with one attached hydrogen (secondary N) is 1. The Morgan fingerprint density at radius 3 is 2.58 bits per heavy atom. The number of halogens is 1. The number of carbonyl (C=O) groups is 2. The van der Waals surface area contributed by atoms with Crippen LogP contribution in [-0.4, -0.2) is 35.8 Å². The Balaban J connectivity index is 0.00000288. The van der Waals surface area contributed by atoms with Gasteiger partial charge in [0.15, 0.2) is 0 Å². The molecule has 0 radical (unpaired) electrons. The van der Waals surface area contributed by atoms with Crippen LogP contribution in [0, 0.1) is 5.92 Å². The lowest BCUT2D eigenvalue weighted by Crippen LogP contribution is -2.53. The number of rotatable bonds is 5. The van der Waals surface area contributed by atoms with E-state index in [-0.39, 0.29) is 36.7 Å². The van der Waals surface area contributed by atoms with Crippen LogP contribution in [0.25, 0.3) is 0 Å². The number of hydrogen-bond acceptors (Lipinski definition) is 3. The number of carbonyl (C=O) groups excluding carboxylic acids is 2. The molecule has 24 heavy (non-hydrogen) atoms. The number of benzene rings is 1. The molecule has 2 unspecified atom stereocenters. The first-order valence-electron chi connectivity index (χ1n) is 8.24. The number of nitrogens with two attached hydrogens (primary N) is 1. The van der Waals surface area contributed by atoms with Crippen LogP contribution in [0.2, 0.25) is 0 Å². The van der Waals surface area contributed by atoms with Crippen LogP contribution in [0.5, 0.6) is 0 Å². The molecule has 0 aromatic heterocycles. The maximum Gasteiger partial charge on any atom is 0.242 e. The van der Waals surface area contributed by atoms with E-state index in [1.807, 2.05) is 37.3 Å². The Kier molecular flexibility index (Phi) is 7.70. The van der Waals surface area contributed by atoms with Crippen molar-refractivity contribution in [2.75, 3.05) is 13.6 Å². The first-order chi connectivity index (χ1) is 10.9. The molecule has 1 aliphatic rings. The molecule has 1 saturated carbocycles. The lowest BCUT2D eigenvalue weighted by atomic mass is 9.74. The molecule has 6 heteroatoms. The molecule has 1 aromatic carbocycles. The first kappa shape index (κ1) is 20.5. The molecule has 0 spiro atoms. The van der Waals surface area contributed by atoms with Gasteiger partial charge in [0.2, 0.25) is 11.8 Å². The molecule has 1 aliphatic carbocycles. The van der Waals surface area contributed by atoms with Crippen molar-refractivity contribution in [1.82, 2.24) is 10.2 Å². The maximum atomic E-state index is 12.3. The van der Waals surface area contributed by atoms with Gasteiger partial charge in [-0.15, -0.1) is 12.4 Å². The average Bonchev–Trinajstić information content (AvgIpc) is 2.52. The Labute approximate surface area is 150 Å². The van der Waals surface area contributed by atoms with Crippen molar-refractivity contribution < 1.29 is 9.59 Å². The molecule has 2 rings (SSSR count). The van der Waals surface area contributed by atoms with Crippen molar-refractivity contribution in [3.05, 3.63) is 35.9 Å². The number of likely N-dealkylation sites (N-methyl/N-ethyl adjacent to an activating group) is 1. The third-order valence-corrected chi connectivity index (χ3v) is 4.67. The summed E-state index contributed by atoms with van der Waals surface area (Å²) in [4.78, 5) is 26.1. The molecular formula is C18H28ClN3O2. The average molecular weight is 354 g/mol. The van der Waals surface area contributed by atoms with Gasteiger partial charge in [-0.3, -0.25) is 9.59 Å². The van der Waals surface area contributed by atoms with Crippen LogP contribution in [0.4, 0.5) is 0 Å². The van der Waals surface area contributed by atoms with Gasteiger partial charge in [0, 0.05) is 19.1 Å². The van der Waals surface area contributed by atoms with E-state index in [2.05, 4.69) is 5.32 Å². The normalized spacial score (nSPS) is 23.0. The Morgan fingerprint density at radius 2 is 1.96 bits per heavy atom. The second-order valence-electron chi connectivity index (χ2n) is 6.76. The van der Waals surface area contributed by atoms with Gasteiger partial charge in [-0.1, -0.05) is 43.2 Å². The fraction of sp³-hybridized carbons (Fsp3) is 0.556. The molecule has 2 atom stereocenters. The van der Waals surface area contributed by atoms with E-state index in [9.17, 15) is 9.59 Å². The fourth-order valence-electron chi connectivity index (χ4n) is 3.16. The highest BCUT2D eigenvalue weighted by molar-refractivity contribution is 5.86. The zero-order chi connectivity index (χ0) is 16.9. The van der Waals surface area contributed by atoms with Gasteiger partial charge in [-0.25, -0.2) is 0 Å². The van der Waals surface area contributed by atoms with E-state index in [0.29, 0.717) is 6.54 Å². The zero-order valence-corrected chi connectivity index (χ0v) is 15.3. The van der Waals surface area contributed by atoms with Crippen molar-refractivity contribution in [3.8, 4) is 0 Å². The maximum absolute atomic E-state index is 12.3. The summed E-state index contributed by atoms with van der Waals surface area (Å²) in [6.07, 6.45) is 3.74. The van der Waals surface area contributed by atoms with Crippen molar-refractivity contribution in [1.29, 1.82) is 0 Å². The van der Waals surface area contributed by atoms with Crippen LogP contribution >= 0.6 is 12.4 Å². The van der Waals surface area contributed by atoms with Gasteiger partial charge in [0.1, 0.15) is 0 Å². The number of nitrogens with zero attached hydrogens (tertiary/aromatic N) is 1. The molecule has 0 saturated heterocycles. The van der Waals surface area contributed by atoms with E-state index in [1.54, 1.807) is 11.9 Å². The highest BCUT2D eigenvalue weighted by Crippen LogP contribution is 2.31. The number of hydrogen-bond donors (Lipinski definition) is 2. The predicted molar refractivity (Wildman–Crippen MR) is 97.7 cm³/mol. The highest BCUT2D eigenvalue weighted by Gasteiger charge is 2.37. The van der Waals surface area contributed by atoms with Gasteiger partial charge in [0.25, 0.3) is 0 Å². The van der Waals surface area contributed by atoms with Crippen LogP contribution in [0.3, 0.4) is 0 Å². The van der Waals surface area contributed by atoms with Crippen molar-refractivity contribution >= 4 is 24.2 Å². The molecule has 1 fully saturated rings. The molecule has 5 nitrogen and oxygen atoms in total. The summed E-state index contributed by atoms with van der Waals surface area (Å²) in [5.41, 5.74) is 6.83. The molecular weight excluding hydrogens is 326 g/mol. The monoisotopic (exact) mass is 353 g/mol. The van der Waals surface area contributed by atoms with Gasteiger partial charge >= 0.3 is 0 Å². The van der Waals surface area contributed by atoms with Crippen LogP contribution in [0.15, 0.2) is 30.3 Å². The second-order valence-corrected chi connectivity index (χ2v) is 6.76. The Morgan fingerprint density at radius 1 is 1.29 bits per heavy atom. The molecule has 0 aliphatic heterocycles. The summed E-state index contributed by atoms with van der Waals surface area (Å²) >= 11 is 0. The van der Waals surface area contributed by atoms with E-state index in [4.69, 9.17) is 5.73 Å². The minimum Gasteiger partial charge on any atom is -0.347 e. The van der Waals surface area contributed by atoms with Crippen LogP contribution < -0.4 is 11.1 Å².